The predicted octanol–water partition coefficient (Wildman–Crippen LogP) is 3.28. The van der Waals surface area contributed by atoms with E-state index in [9.17, 15) is 8.78 Å². The number of aryl methyl sites for hydroxylation is 1. The monoisotopic (exact) mass is 231 g/mol. The molecule has 1 nitrogen and oxygen atoms in total. The quantitative estimate of drug-likeness (QED) is 0.600. The molecule has 1 rings (SSSR count). The lowest BCUT2D eigenvalue weighted by Crippen LogP contribution is -1.99. The molecule has 0 saturated heterocycles. The Morgan fingerprint density at radius 1 is 1.27 bits per heavy atom. The average Bonchev–Trinajstić information content (AvgIpc) is 2.18. The summed E-state index contributed by atoms with van der Waals surface area (Å²) in [6.45, 7) is 0.686. The molecule has 0 atom stereocenters. The highest BCUT2D eigenvalue weighted by Crippen LogP contribution is 2.25. The lowest BCUT2D eigenvalue weighted by atomic mass is 10.1. The number of unbranched alkanes of at least 4 members (excludes halogenated alkanes) is 1. The smallest absolute Gasteiger partial charge is 0.288 e. The minimum atomic E-state index is -2.34. The molecule has 0 unspecified atom stereocenters. The van der Waals surface area contributed by atoms with Crippen LogP contribution < -0.4 is 5.73 Å². The van der Waals surface area contributed by atoms with Crippen LogP contribution in [0.4, 0.5) is 8.78 Å². The molecule has 0 aromatic heterocycles. The van der Waals surface area contributed by atoms with E-state index in [0.29, 0.717) is 23.2 Å². The third-order valence-electron chi connectivity index (χ3n) is 2.04. The second-order valence-corrected chi connectivity index (χ2v) is 4.34. The fraction of sp³-hybridized carbons (Fsp3) is 0.455. The zero-order valence-corrected chi connectivity index (χ0v) is 9.27. The van der Waals surface area contributed by atoms with Crippen molar-refractivity contribution in [3.63, 3.8) is 0 Å². The first-order valence-electron chi connectivity index (χ1n) is 4.96. The highest BCUT2D eigenvalue weighted by atomic mass is 32.2. The molecule has 0 amide bonds. The van der Waals surface area contributed by atoms with Crippen molar-refractivity contribution in [1.29, 1.82) is 0 Å². The van der Waals surface area contributed by atoms with Crippen molar-refractivity contribution in [2.45, 2.75) is 29.9 Å². The first kappa shape index (κ1) is 12.5. The number of hydrogen-bond donors (Lipinski definition) is 1. The largest absolute Gasteiger partial charge is 0.330 e. The number of halogens is 2. The molecule has 0 heterocycles. The van der Waals surface area contributed by atoms with Gasteiger partial charge < -0.3 is 5.73 Å². The second-order valence-electron chi connectivity index (χ2n) is 3.27. The zero-order valence-electron chi connectivity index (χ0n) is 8.46. The fourth-order valence-corrected chi connectivity index (χ4v) is 1.93. The van der Waals surface area contributed by atoms with Gasteiger partial charge in [0.05, 0.1) is 0 Å². The molecule has 1 aromatic rings. The molecule has 0 radical (unpaired) electrons. The summed E-state index contributed by atoms with van der Waals surface area (Å²) >= 11 is 0.594. The lowest BCUT2D eigenvalue weighted by Gasteiger charge is -2.04. The van der Waals surface area contributed by atoms with Gasteiger partial charge in [-0.2, -0.15) is 8.78 Å². The van der Waals surface area contributed by atoms with Crippen LogP contribution in [0.3, 0.4) is 0 Å². The van der Waals surface area contributed by atoms with Crippen molar-refractivity contribution in [3.8, 4) is 0 Å². The molecule has 15 heavy (non-hydrogen) atoms. The Hall–Kier alpha value is -0.610. The third kappa shape index (κ3) is 5.14. The number of rotatable bonds is 6. The topological polar surface area (TPSA) is 26.0 Å². The minimum absolute atomic E-state index is 0.594. The average molecular weight is 231 g/mol. The van der Waals surface area contributed by atoms with Crippen LogP contribution in [-0.4, -0.2) is 12.3 Å². The third-order valence-corrected chi connectivity index (χ3v) is 2.75. The van der Waals surface area contributed by atoms with Gasteiger partial charge in [0.1, 0.15) is 0 Å². The molecule has 0 fully saturated rings. The van der Waals surface area contributed by atoms with Gasteiger partial charge in [-0.05, 0) is 43.5 Å². The van der Waals surface area contributed by atoms with Crippen LogP contribution in [0.5, 0.6) is 0 Å². The first-order valence-corrected chi connectivity index (χ1v) is 5.84. The Morgan fingerprint density at radius 2 is 2.07 bits per heavy atom. The number of thioether (sulfide) groups is 1. The van der Waals surface area contributed by atoms with Gasteiger partial charge >= 0.3 is 0 Å². The molecule has 84 valence electrons. The number of nitrogens with two attached hydrogens (primary N) is 1. The van der Waals surface area contributed by atoms with Crippen LogP contribution in [0.1, 0.15) is 18.4 Å². The van der Waals surface area contributed by atoms with Gasteiger partial charge in [-0.25, -0.2) is 0 Å². The number of benzene rings is 1. The van der Waals surface area contributed by atoms with Gasteiger partial charge in [-0.3, -0.25) is 0 Å². The molecule has 0 aliphatic carbocycles. The van der Waals surface area contributed by atoms with Crippen LogP contribution in [0, 0.1) is 0 Å². The molecular formula is C11H15F2NS. The van der Waals surface area contributed by atoms with E-state index in [2.05, 4.69) is 0 Å². The Bertz CT molecular complexity index is 292. The Labute approximate surface area is 93.1 Å². The van der Waals surface area contributed by atoms with E-state index in [0.717, 1.165) is 24.8 Å². The molecule has 4 heteroatoms. The van der Waals surface area contributed by atoms with Gasteiger partial charge in [-0.15, -0.1) is 0 Å². The van der Waals surface area contributed by atoms with Gasteiger partial charge in [0.15, 0.2) is 0 Å². The van der Waals surface area contributed by atoms with Crippen LogP contribution in [0.25, 0.3) is 0 Å². The van der Waals surface area contributed by atoms with Crippen LogP contribution in [-0.2, 0) is 6.42 Å². The molecule has 0 aliphatic heterocycles. The van der Waals surface area contributed by atoms with E-state index in [4.69, 9.17) is 5.73 Å². The summed E-state index contributed by atoms with van der Waals surface area (Å²) in [4.78, 5) is 0.634. The van der Waals surface area contributed by atoms with E-state index >= 15 is 0 Å². The zero-order chi connectivity index (χ0) is 11.1. The van der Waals surface area contributed by atoms with Crippen molar-refractivity contribution < 1.29 is 8.78 Å². The fourth-order valence-electron chi connectivity index (χ4n) is 1.35. The summed E-state index contributed by atoms with van der Waals surface area (Å²) in [5.74, 6) is -2.34. The maximum Gasteiger partial charge on any atom is 0.288 e. The van der Waals surface area contributed by atoms with Gasteiger partial charge in [-0.1, -0.05) is 23.9 Å². The molecule has 0 bridgehead atoms. The van der Waals surface area contributed by atoms with Crippen molar-refractivity contribution in [3.05, 3.63) is 29.8 Å². The SMILES string of the molecule is NCCCCc1cccc(SC(F)F)c1. The molecule has 2 N–H and O–H groups in total. The Kier molecular flexibility index (Phi) is 5.65. The van der Waals surface area contributed by atoms with E-state index in [1.165, 1.54) is 0 Å². The van der Waals surface area contributed by atoms with E-state index in [1.807, 2.05) is 18.2 Å². The normalized spacial score (nSPS) is 10.9. The highest BCUT2D eigenvalue weighted by molar-refractivity contribution is 7.99. The van der Waals surface area contributed by atoms with Crippen LogP contribution in [0.2, 0.25) is 0 Å². The van der Waals surface area contributed by atoms with Crippen LogP contribution in [0.15, 0.2) is 29.2 Å². The summed E-state index contributed by atoms with van der Waals surface area (Å²) in [6, 6.07) is 7.32. The van der Waals surface area contributed by atoms with Crippen LogP contribution >= 0.6 is 11.8 Å². The minimum Gasteiger partial charge on any atom is -0.330 e. The van der Waals surface area contributed by atoms with Crippen molar-refractivity contribution in [2.24, 2.45) is 5.73 Å². The van der Waals surface area contributed by atoms with Gasteiger partial charge in [0.2, 0.25) is 0 Å². The van der Waals surface area contributed by atoms with E-state index in [1.54, 1.807) is 6.07 Å². The first-order chi connectivity index (χ1) is 7.22. The maximum atomic E-state index is 12.1. The molecular weight excluding hydrogens is 216 g/mol. The van der Waals surface area contributed by atoms with Gasteiger partial charge in [0.25, 0.3) is 5.76 Å². The standard InChI is InChI=1S/C11H15F2NS/c12-11(13)15-10-6-3-5-9(8-10)4-1-2-7-14/h3,5-6,8,11H,1-2,4,7,14H2. The summed E-state index contributed by atoms with van der Waals surface area (Å²) in [7, 11) is 0. The summed E-state index contributed by atoms with van der Waals surface area (Å²) in [5.41, 5.74) is 6.49. The summed E-state index contributed by atoms with van der Waals surface area (Å²) in [5, 5.41) is 0. The van der Waals surface area contributed by atoms with Crippen molar-refractivity contribution in [2.75, 3.05) is 6.54 Å². The highest BCUT2D eigenvalue weighted by Gasteiger charge is 2.05. The molecule has 0 spiro atoms. The predicted molar refractivity (Wildman–Crippen MR) is 60.3 cm³/mol. The summed E-state index contributed by atoms with van der Waals surface area (Å²) in [6.07, 6.45) is 2.90. The Balaban J connectivity index is 2.50. The Morgan fingerprint density at radius 3 is 2.73 bits per heavy atom. The molecule has 0 saturated carbocycles. The number of hydrogen-bond acceptors (Lipinski definition) is 2. The maximum absolute atomic E-state index is 12.1. The van der Waals surface area contributed by atoms with E-state index in [-0.39, 0.29) is 0 Å². The molecule has 1 aromatic carbocycles. The second kappa shape index (κ2) is 6.80. The van der Waals surface area contributed by atoms with Gasteiger partial charge in [0, 0.05) is 4.90 Å². The number of alkyl halides is 2. The van der Waals surface area contributed by atoms with Crippen molar-refractivity contribution in [1.82, 2.24) is 0 Å². The molecule has 0 aliphatic rings. The lowest BCUT2D eigenvalue weighted by molar-refractivity contribution is 0.252. The van der Waals surface area contributed by atoms with E-state index < -0.39 is 5.76 Å². The summed E-state index contributed by atoms with van der Waals surface area (Å²) < 4.78 is 24.2. The van der Waals surface area contributed by atoms with Crippen molar-refractivity contribution >= 4 is 11.8 Å².